The number of hydrogen-bond acceptors (Lipinski definition) is 2. The molecule has 0 spiro atoms. The topological polar surface area (TPSA) is 46.9 Å². The summed E-state index contributed by atoms with van der Waals surface area (Å²) in [6, 6.07) is 13.6. The molecule has 0 aliphatic heterocycles. The van der Waals surface area contributed by atoms with Gasteiger partial charge in [-0.15, -0.1) is 0 Å². The van der Waals surface area contributed by atoms with Gasteiger partial charge in [-0.2, -0.15) is 5.10 Å². The van der Waals surface area contributed by atoms with Crippen LogP contribution in [0.4, 0.5) is 5.69 Å². The van der Waals surface area contributed by atoms with Crippen LogP contribution in [0.3, 0.4) is 0 Å². The lowest BCUT2D eigenvalue weighted by Crippen LogP contribution is -2.15. The molecule has 1 heterocycles. The molecular weight excluding hydrogens is 318 g/mol. The number of hydrogen-bond donors (Lipinski definition) is 1. The SMILES string of the molecule is Cn1nccc1C(=O)Nc1ccc2cc(Br)ccc2c1. The number of rotatable bonds is 2. The second-order valence-corrected chi connectivity index (χ2v) is 5.42. The molecule has 1 N–H and O–H groups in total. The van der Waals surface area contributed by atoms with Crippen LogP contribution in [0.25, 0.3) is 10.8 Å². The van der Waals surface area contributed by atoms with E-state index in [2.05, 4.69) is 26.3 Å². The van der Waals surface area contributed by atoms with E-state index >= 15 is 0 Å². The van der Waals surface area contributed by atoms with E-state index in [1.807, 2.05) is 36.4 Å². The zero-order valence-electron chi connectivity index (χ0n) is 10.8. The van der Waals surface area contributed by atoms with Gasteiger partial charge < -0.3 is 5.32 Å². The molecule has 1 aromatic heterocycles. The van der Waals surface area contributed by atoms with E-state index in [4.69, 9.17) is 0 Å². The van der Waals surface area contributed by atoms with Gasteiger partial charge in [-0.1, -0.05) is 28.1 Å². The lowest BCUT2D eigenvalue weighted by molar-refractivity contribution is 0.101. The second kappa shape index (κ2) is 5.09. The summed E-state index contributed by atoms with van der Waals surface area (Å²) >= 11 is 3.45. The zero-order valence-corrected chi connectivity index (χ0v) is 12.4. The fourth-order valence-electron chi connectivity index (χ4n) is 2.09. The van der Waals surface area contributed by atoms with Gasteiger partial charge in [-0.3, -0.25) is 9.48 Å². The minimum absolute atomic E-state index is 0.165. The van der Waals surface area contributed by atoms with Crippen LogP contribution < -0.4 is 5.32 Å². The minimum atomic E-state index is -0.165. The maximum Gasteiger partial charge on any atom is 0.273 e. The number of nitrogens with one attached hydrogen (secondary N) is 1. The molecule has 0 aliphatic rings. The highest BCUT2D eigenvalue weighted by Gasteiger charge is 2.10. The van der Waals surface area contributed by atoms with E-state index < -0.39 is 0 Å². The van der Waals surface area contributed by atoms with Gasteiger partial charge in [0.25, 0.3) is 5.91 Å². The zero-order chi connectivity index (χ0) is 14.1. The van der Waals surface area contributed by atoms with Crippen LogP contribution in [-0.4, -0.2) is 15.7 Å². The van der Waals surface area contributed by atoms with E-state index in [0.717, 1.165) is 20.9 Å². The fourth-order valence-corrected chi connectivity index (χ4v) is 2.46. The van der Waals surface area contributed by atoms with Crippen molar-refractivity contribution in [3.05, 3.63) is 58.8 Å². The maximum atomic E-state index is 12.1. The number of fused-ring (bicyclic) bond motifs is 1. The van der Waals surface area contributed by atoms with Crippen molar-refractivity contribution in [2.24, 2.45) is 7.05 Å². The molecule has 3 aromatic rings. The molecule has 1 amide bonds. The molecule has 0 unspecified atom stereocenters. The van der Waals surface area contributed by atoms with Gasteiger partial charge >= 0.3 is 0 Å². The highest BCUT2D eigenvalue weighted by Crippen LogP contribution is 2.23. The third-order valence-corrected chi connectivity index (χ3v) is 3.61. The Morgan fingerprint density at radius 2 is 1.90 bits per heavy atom. The van der Waals surface area contributed by atoms with E-state index in [1.54, 1.807) is 24.0 Å². The first-order chi connectivity index (χ1) is 9.63. The molecule has 2 aromatic carbocycles. The van der Waals surface area contributed by atoms with Gasteiger partial charge in [-0.05, 0) is 41.1 Å². The van der Waals surface area contributed by atoms with Gasteiger partial charge in [0.15, 0.2) is 0 Å². The van der Waals surface area contributed by atoms with Crippen LogP contribution in [-0.2, 0) is 7.05 Å². The molecule has 0 fully saturated rings. The predicted molar refractivity (Wildman–Crippen MR) is 82.8 cm³/mol. The Morgan fingerprint density at radius 1 is 1.15 bits per heavy atom. The summed E-state index contributed by atoms with van der Waals surface area (Å²) < 4.78 is 2.59. The normalized spacial score (nSPS) is 10.7. The largest absolute Gasteiger partial charge is 0.321 e. The van der Waals surface area contributed by atoms with E-state index in [-0.39, 0.29) is 5.91 Å². The summed E-state index contributed by atoms with van der Waals surface area (Å²) in [5.74, 6) is -0.165. The van der Waals surface area contributed by atoms with Crippen molar-refractivity contribution in [3.8, 4) is 0 Å². The van der Waals surface area contributed by atoms with Crippen molar-refractivity contribution in [1.29, 1.82) is 0 Å². The van der Waals surface area contributed by atoms with Crippen molar-refractivity contribution in [2.75, 3.05) is 5.32 Å². The molecule has 5 heteroatoms. The van der Waals surface area contributed by atoms with Crippen molar-refractivity contribution in [3.63, 3.8) is 0 Å². The molecular formula is C15H12BrN3O. The second-order valence-electron chi connectivity index (χ2n) is 4.50. The quantitative estimate of drug-likeness (QED) is 0.781. The van der Waals surface area contributed by atoms with Gasteiger partial charge in [0.1, 0.15) is 5.69 Å². The summed E-state index contributed by atoms with van der Waals surface area (Å²) in [6.45, 7) is 0. The lowest BCUT2D eigenvalue weighted by atomic mass is 10.1. The third kappa shape index (κ3) is 2.44. The van der Waals surface area contributed by atoms with Crippen LogP contribution in [0.5, 0.6) is 0 Å². The average molecular weight is 330 g/mol. The Morgan fingerprint density at radius 3 is 2.65 bits per heavy atom. The Labute approximate surface area is 124 Å². The molecule has 0 saturated carbocycles. The van der Waals surface area contributed by atoms with E-state index in [0.29, 0.717) is 5.69 Å². The van der Waals surface area contributed by atoms with E-state index in [1.165, 1.54) is 0 Å². The van der Waals surface area contributed by atoms with Crippen molar-refractivity contribution in [1.82, 2.24) is 9.78 Å². The molecule has 3 rings (SSSR count). The smallest absolute Gasteiger partial charge is 0.273 e. The van der Waals surface area contributed by atoms with Gasteiger partial charge in [0.05, 0.1) is 0 Å². The third-order valence-electron chi connectivity index (χ3n) is 3.11. The van der Waals surface area contributed by atoms with Crippen LogP contribution >= 0.6 is 15.9 Å². The fraction of sp³-hybridized carbons (Fsp3) is 0.0667. The highest BCUT2D eigenvalue weighted by molar-refractivity contribution is 9.10. The number of aromatic nitrogens is 2. The number of benzene rings is 2. The first-order valence-electron chi connectivity index (χ1n) is 6.12. The summed E-state index contributed by atoms with van der Waals surface area (Å²) in [6.07, 6.45) is 1.60. The Balaban J connectivity index is 1.90. The molecule has 0 radical (unpaired) electrons. The number of carbonyl (C=O) groups is 1. The van der Waals surface area contributed by atoms with Gasteiger partial charge in [0.2, 0.25) is 0 Å². The number of amides is 1. The van der Waals surface area contributed by atoms with Gasteiger partial charge in [-0.25, -0.2) is 0 Å². The number of halogens is 1. The number of carbonyl (C=O) groups excluding carboxylic acids is 1. The van der Waals surface area contributed by atoms with Crippen molar-refractivity contribution in [2.45, 2.75) is 0 Å². The van der Waals surface area contributed by atoms with Crippen molar-refractivity contribution >= 4 is 38.3 Å². The van der Waals surface area contributed by atoms with Crippen LogP contribution in [0.15, 0.2) is 53.1 Å². The molecule has 0 atom stereocenters. The lowest BCUT2D eigenvalue weighted by Gasteiger charge is -2.07. The maximum absolute atomic E-state index is 12.1. The Bertz CT molecular complexity index is 795. The Kier molecular flexibility index (Phi) is 3.28. The number of anilines is 1. The summed E-state index contributed by atoms with van der Waals surface area (Å²) in [4.78, 5) is 12.1. The summed E-state index contributed by atoms with van der Waals surface area (Å²) in [7, 11) is 1.74. The highest BCUT2D eigenvalue weighted by atomic mass is 79.9. The minimum Gasteiger partial charge on any atom is -0.321 e. The van der Waals surface area contributed by atoms with Crippen LogP contribution in [0, 0.1) is 0 Å². The molecule has 100 valence electrons. The molecule has 0 bridgehead atoms. The molecule has 4 nitrogen and oxygen atoms in total. The van der Waals surface area contributed by atoms with Crippen molar-refractivity contribution < 1.29 is 4.79 Å². The molecule has 0 saturated heterocycles. The summed E-state index contributed by atoms with van der Waals surface area (Å²) in [5, 5.41) is 9.07. The Hall–Kier alpha value is -2.14. The predicted octanol–water partition coefficient (Wildman–Crippen LogP) is 3.59. The number of aryl methyl sites for hydroxylation is 1. The monoisotopic (exact) mass is 329 g/mol. The van der Waals surface area contributed by atoms with Crippen LogP contribution in [0.2, 0.25) is 0 Å². The average Bonchev–Trinajstić information content (AvgIpc) is 2.85. The van der Waals surface area contributed by atoms with E-state index in [9.17, 15) is 4.79 Å². The van der Waals surface area contributed by atoms with Gasteiger partial charge in [0, 0.05) is 23.4 Å². The standard InChI is InChI=1S/C15H12BrN3O/c1-19-14(6-7-17-19)15(20)18-13-5-3-10-8-12(16)4-2-11(10)9-13/h2-9H,1H3,(H,18,20). The molecule has 0 aliphatic carbocycles. The molecule has 20 heavy (non-hydrogen) atoms. The summed E-state index contributed by atoms with van der Waals surface area (Å²) in [5.41, 5.74) is 1.30. The number of nitrogens with zero attached hydrogens (tertiary/aromatic N) is 2. The first-order valence-corrected chi connectivity index (χ1v) is 6.91. The van der Waals surface area contributed by atoms with Crippen LogP contribution in [0.1, 0.15) is 10.5 Å². The first kappa shape index (κ1) is 12.9.